The molecule has 0 bridgehead atoms. The Balaban J connectivity index is 2.29. The van der Waals surface area contributed by atoms with Gasteiger partial charge in [0.15, 0.2) is 0 Å². The summed E-state index contributed by atoms with van der Waals surface area (Å²) in [7, 11) is 0. The lowest BCUT2D eigenvalue weighted by atomic mass is 9.83. The van der Waals surface area contributed by atoms with Crippen LogP contribution in [0.25, 0.3) is 0 Å². The van der Waals surface area contributed by atoms with Gasteiger partial charge in [-0.1, -0.05) is 12.8 Å². The Hall–Kier alpha value is -0.570. The summed E-state index contributed by atoms with van der Waals surface area (Å²) >= 11 is 0. The molecule has 0 aromatic heterocycles. The molecule has 0 heterocycles. The molecular formula is C10H19NO2. The van der Waals surface area contributed by atoms with Crippen LogP contribution in [0.3, 0.4) is 0 Å². The van der Waals surface area contributed by atoms with E-state index < -0.39 is 0 Å². The van der Waals surface area contributed by atoms with Crippen LogP contribution in [-0.4, -0.2) is 18.6 Å². The summed E-state index contributed by atoms with van der Waals surface area (Å²) in [4.78, 5) is 11.2. The number of hydrogen-bond donors (Lipinski definition) is 1. The first-order valence-electron chi connectivity index (χ1n) is 5.15. The normalized spacial score (nSPS) is 28.5. The summed E-state index contributed by atoms with van der Waals surface area (Å²) in [6.07, 6.45) is 5.07. The van der Waals surface area contributed by atoms with E-state index in [9.17, 15) is 4.79 Å². The number of esters is 1. The van der Waals surface area contributed by atoms with Crippen molar-refractivity contribution in [2.75, 3.05) is 6.61 Å². The van der Waals surface area contributed by atoms with Gasteiger partial charge in [0.1, 0.15) is 0 Å². The van der Waals surface area contributed by atoms with Crippen LogP contribution in [0.2, 0.25) is 0 Å². The van der Waals surface area contributed by atoms with Crippen molar-refractivity contribution in [2.24, 2.45) is 11.7 Å². The maximum Gasteiger partial charge on any atom is 0.306 e. The maximum atomic E-state index is 11.2. The van der Waals surface area contributed by atoms with Crippen LogP contribution in [0.1, 0.15) is 39.0 Å². The Morgan fingerprint density at radius 1 is 1.46 bits per heavy atom. The molecule has 1 rings (SSSR count). The molecule has 1 saturated carbocycles. The zero-order valence-electron chi connectivity index (χ0n) is 8.29. The average Bonchev–Trinajstić information content (AvgIpc) is 2.09. The van der Waals surface area contributed by atoms with Crippen LogP contribution in [0.4, 0.5) is 0 Å². The van der Waals surface area contributed by atoms with Crippen LogP contribution in [0.5, 0.6) is 0 Å². The molecule has 2 atom stereocenters. The molecule has 0 aromatic rings. The Morgan fingerprint density at radius 2 is 2.15 bits per heavy atom. The van der Waals surface area contributed by atoms with Crippen LogP contribution in [-0.2, 0) is 9.53 Å². The molecule has 0 radical (unpaired) electrons. The van der Waals surface area contributed by atoms with E-state index in [2.05, 4.69) is 0 Å². The molecule has 0 aliphatic heterocycles. The van der Waals surface area contributed by atoms with Crippen molar-refractivity contribution in [3.05, 3.63) is 0 Å². The second-order valence-corrected chi connectivity index (χ2v) is 3.72. The molecule has 0 spiro atoms. The van der Waals surface area contributed by atoms with Crippen LogP contribution < -0.4 is 5.73 Å². The number of rotatable bonds is 3. The molecule has 2 unspecified atom stereocenters. The van der Waals surface area contributed by atoms with E-state index in [-0.39, 0.29) is 12.0 Å². The molecule has 3 heteroatoms. The predicted octanol–water partition coefficient (Wildman–Crippen LogP) is 1.46. The minimum Gasteiger partial charge on any atom is -0.466 e. The van der Waals surface area contributed by atoms with Gasteiger partial charge < -0.3 is 10.5 Å². The molecule has 1 aliphatic carbocycles. The molecule has 3 nitrogen and oxygen atoms in total. The highest BCUT2D eigenvalue weighted by Crippen LogP contribution is 2.25. The smallest absolute Gasteiger partial charge is 0.306 e. The summed E-state index contributed by atoms with van der Waals surface area (Å²) < 4.78 is 4.90. The number of carbonyl (C=O) groups excluding carboxylic acids is 1. The van der Waals surface area contributed by atoms with Crippen LogP contribution >= 0.6 is 0 Å². The van der Waals surface area contributed by atoms with Crippen molar-refractivity contribution in [1.29, 1.82) is 0 Å². The third-order valence-electron chi connectivity index (χ3n) is 2.70. The van der Waals surface area contributed by atoms with Crippen molar-refractivity contribution in [1.82, 2.24) is 0 Å². The number of hydrogen-bond acceptors (Lipinski definition) is 3. The van der Waals surface area contributed by atoms with E-state index in [1.165, 1.54) is 12.8 Å². The standard InChI is InChI=1S/C10H19NO2/c1-2-13-10(12)7-8-5-3-4-6-9(8)11/h8-9H,2-7,11H2,1H3. The van der Waals surface area contributed by atoms with Gasteiger partial charge in [-0.25, -0.2) is 0 Å². The van der Waals surface area contributed by atoms with Gasteiger partial charge in [0.2, 0.25) is 0 Å². The molecule has 0 aromatic carbocycles. The first kappa shape index (κ1) is 10.5. The van der Waals surface area contributed by atoms with Gasteiger partial charge in [-0.15, -0.1) is 0 Å². The van der Waals surface area contributed by atoms with Crippen LogP contribution in [0, 0.1) is 5.92 Å². The number of nitrogens with two attached hydrogens (primary N) is 1. The molecular weight excluding hydrogens is 166 g/mol. The lowest BCUT2D eigenvalue weighted by Crippen LogP contribution is -2.34. The predicted molar refractivity (Wildman–Crippen MR) is 51.2 cm³/mol. The van der Waals surface area contributed by atoms with Crippen molar-refractivity contribution in [3.8, 4) is 0 Å². The lowest BCUT2D eigenvalue weighted by molar-refractivity contribution is -0.144. The Bertz CT molecular complexity index is 170. The molecule has 1 fully saturated rings. The SMILES string of the molecule is CCOC(=O)CC1CCCCC1N. The minimum atomic E-state index is -0.0927. The van der Waals surface area contributed by atoms with Gasteiger partial charge in [0, 0.05) is 12.5 Å². The van der Waals surface area contributed by atoms with E-state index in [1.807, 2.05) is 6.92 Å². The third-order valence-corrected chi connectivity index (χ3v) is 2.70. The molecule has 0 amide bonds. The van der Waals surface area contributed by atoms with E-state index in [4.69, 9.17) is 10.5 Å². The van der Waals surface area contributed by atoms with Gasteiger partial charge in [0.05, 0.1) is 6.61 Å². The molecule has 1 aliphatic rings. The highest BCUT2D eigenvalue weighted by molar-refractivity contribution is 5.69. The maximum absolute atomic E-state index is 11.2. The first-order chi connectivity index (χ1) is 6.24. The van der Waals surface area contributed by atoms with Crippen molar-refractivity contribution in [2.45, 2.75) is 45.1 Å². The monoisotopic (exact) mass is 185 g/mol. The van der Waals surface area contributed by atoms with E-state index in [0.29, 0.717) is 18.9 Å². The minimum absolute atomic E-state index is 0.0927. The van der Waals surface area contributed by atoms with Gasteiger partial charge in [-0.2, -0.15) is 0 Å². The Kier molecular flexibility index (Phi) is 4.22. The quantitative estimate of drug-likeness (QED) is 0.677. The lowest BCUT2D eigenvalue weighted by Gasteiger charge is -2.27. The van der Waals surface area contributed by atoms with Gasteiger partial charge in [-0.05, 0) is 25.7 Å². The zero-order chi connectivity index (χ0) is 9.68. The third kappa shape index (κ3) is 3.35. The van der Waals surface area contributed by atoms with E-state index in [0.717, 1.165) is 12.8 Å². The van der Waals surface area contributed by atoms with Crippen molar-refractivity contribution >= 4 is 5.97 Å². The van der Waals surface area contributed by atoms with Crippen molar-refractivity contribution in [3.63, 3.8) is 0 Å². The molecule has 2 N–H and O–H groups in total. The number of carbonyl (C=O) groups is 1. The van der Waals surface area contributed by atoms with E-state index in [1.54, 1.807) is 0 Å². The number of ether oxygens (including phenoxy) is 1. The summed E-state index contributed by atoms with van der Waals surface area (Å²) in [5, 5.41) is 0. The largest absolute Gasteiger partial charge is 0.466 e. The molecule has 13 heavy (non-hydrogen) atoms. The summed E-state index contributed by atoms with van der Waals surface area (Å²) in [6.45, 7) is 2.31. The highest BCUT2D eigenvalue weighted by atomic mass is 16.5. The van der Waals surface area contributed by atoms with Crippen LogP contribution in [0.15, 0.2) is 0 Å². The topological polar surface area (TPSA) is 52.3 Å². The summed E-state index contributed by atoms with van der Waals surface area (Å²) in [5.74, 6) is 0.262. The molecule has 0 saturated heterocycles. The van der Waals surface area contributed by atoms with Gasteiger partial charge in [-0.3, -0.25) is 4.79 Å². The van der Waals surface area contributed by atoms with Gasteiger partial charge >= 0.3 is 5.97 Å². The Morgan fingerprint density at radius 3 is 2.77 bits per heavy atom. The summed E-state index contributed by atoms with van der Waals surface area (Å²) in [6, 6.07) is 0.207. The fourth-order valence-electron chi connectivity index (χ4n) is 1.92. The van der Waals surface area contributed by atoms with Crippen molar-refractivity contribution < 1.29 is 9.53 Å². The summed E-state index contributed by atoms with van der Waals surface area (Å²) in [5.41, 5.74) is 5.92. The Labute approximate surface area is 79.6 Å². The molecule has 76 valence electrons. The highest BCUT2D eigenvalue weighted by Gasteiger charge is 2.24. The first-order valence-corrected chi connectivity index (χ1v) is 5.15. The average molecular weight is 185 g/mol. The fraction of sp³-hybridized carbons (Fsp3) is 0.900. The second-order valence-electron chi connectivity index (χ2n) is 3.72. The van der Waals surface area contributed by atoms with E-state index >= 15 is 0 Å². The zero-order valence-corrected chi connectivity index (χ0v) is 8.29. The fourth-order valence-corrected chi connectivity index (χ4v) is 1.92. The second kappa shape index (κ2) is 5.22. The van der Waals surface area contributed by atoms with Gasteiger partial charge in [0.25, 0.3) is 0 Å².